The second-order valence-electron chi connectivity index (χ2n) is 10.9. The SMILES string of the molecule is CCCCCCCCCCCCCCCCN1C(=O)C(=O)/C(=C(/O)c2ccc(Br)cc2)[C@@H]1c1cccc([N+](=O)[O-])c1. The van der Waals surface area contributed by atoms with E-state index < -0.39 is 22.7 Å². The number of nitro groups is 1. The smallest absolute Gasteiger partial charge is 0.295 e. The van der Waals surface area contributed by atoms with Gasteiger partial charge in [0.1, 0.15) is 5.76 Å². The van der Waals surface area contributed by atoms with Crippen molar-refractivity contribution in [2.45, 2.75) is 103 Å². The van der Waals surface area contributed by atoms with Gasteiger partial charge in [-0.15, -0.1) is 0 Å². The first-order valence-electron chi connectivity index (χ1n) is 15.1. The zero-order valence-corrected chi connectivity index (χ0v) is 25.7. The predicted octanol–water partition coefficient (Wildman–Crippen LogP) is 9.26. The molecule has 1 fully saturated rings. The van der Waals surface area contributed by atoms with E-state index in [4.69, 9.17) is 0 Å². The average Bonchev–Trinajstić information content (AvgIpc) is 3.22. The third kappa shape index (κ3) is 9.52. The number of amides is 1. The van der Waals surface area contributed by atoms with E-state index in [1.807, 2.05) is 0 Å². The summed E-state index contributed by atoms with van der Waals surface area (Å²) in [6.07, 6.45) is 17.0. The minimum absolute atomic E-state index is 0.0387. The summed E-state index contributed by atoms with van der Waals surface area (Å²) < 4.78 is 0.808. The third-order valence-corrected chi connectivity index (χ3v) is 8.34. The molecular formula is C33H43BrN2O5. The van der Waals surface area contributed by atoms with E-state index in [1.54, 1.807) is 36.4 Å². The Labute approximate surface area is 252 Å². The molecule has 0 unspecified atom stereocenters. The number of likely N-dealkylation sites (tertiary alicyclic amines) is 1. The number of hydrogen-bond donors (Lipinski definition) is 1. The molecular weight excluding hydrogens is 584 g/mol. The molecule has 1 N–H and O–H groups in total. The lowest BCUT2D eigenvalue weighted by Gasteiger charge is -2.25. The van der Waals surface area contributed by atoms with Gasteiger partial charge in [-0.3, -0.25) is 19.7 Å². The van der Waals surface area contributed by atoms with Crippen LogP contribution in [0.1, 0.15) is 114 Å². The number of carbonyl (C=O) groups is 2. The summed E-state index contributed by atoms with van der Waals surface area (Å²) in [6, 6.07) is 11.9. The molecule has 7 nitrogen and oxygen atoms in total. The summed E-state index contributed by atoms with van der Waals surface area (Å²) in [7, 11) is 0. The number of Topliss-reactive ketones (excluding diaryl/α,β-unsaturated/α-hetero) is 1. The van der Waals surface area contributed by atoms with Crippen LogP contribution in [-0.4, -0.2) is 33.2 Å². The number of unbranched alkanes of at least 4 members (excludes halogenated alkanes) is 13. The van der Waals surface area contributed by atoms with E-state index in [0.29, 0.717) is 24.1 Å². The molecule has 0 aromatic heterocycles. The van der Waals surface area contributed by atoms with Gasteiger partial charge in [-0.25, -0.2) is 0 Å². The van der Waals surface area contributed by atoms with Crippen LogP contribution in [0.5, 0.6) is 0 Å². The number of nitrogens with zero attached hydrogens (tertiary/aromatic N) is 2. The summed E-state index contributed by atoms with van der Waals surface area (Å²) in [5.74, 6) is -1.74. The lowest BCUT2D eigenvalue weighted by atomic mass is 9.95. The first-order valence-corrected chi connectivity index (χ1v) is 15.9. The van der Waals surface area contributed by atoms with E-state index in [0.717, 1.165) is 23.7 Å². The minimum atomic E-state index is -0.888. The van der Waals surface area contributed by atoms with E-state index in [-0.39, 0.29) is 17.0 Å². The summed E-state index contributed by atoms with van der Waals surface area (Å²) in [5, 5.41) is 22.6. The number of non-ortho nitro benzene ring substituents is 1. The number of halogens is 1. The highest BCUT2D eigenvalue weighted by molar-refractivity contribution is 9.10. The monoisotopic (exact) mass is 626 g/mol. The maximum atomic E-state index is 13.2. The van der Waals surface area contributed by atoms with Crippen LogP contribution < -0.4 is 0 Å². The summed E-state index contributed by atoms with van der Waals surface area (Å²) in [6.45, 7) is 2.59. The van der Waals surface area contributed by atoms with Gasteiger partial charge in [0.25, 0.3) is 17.4 Å². The largest absolute Gasteiger partial charge is 0.507 e. The normalized spacial score (nSPS) is 16.4. The number of carbonyl (C=O) groups excluding carboxylic acids is 2. The molecule has 0 aliphatic carbocycles. The van der Waals surface area contributed by atoms with Gasteiger partial charge in [0, 0.05) is 28.7 Å². The zero-order valence-electron chi connectivity index (χ0n) is 24.2. The first kappa shape index (κ1) is 32.5. The Bertz CT molecular complexity index is 1190. The molecule has 1 amide bonds. The van der Waals surface area contributed by atoms with Crippen molar-refractivity contribution in [3.63, 3.8) is 0 Å². The van der Waals surface area contributed by atoms with E-state index >= 15 is 0 Å². The number of ketones is 1. The number of benzene rings is 2. The van der Waals surface area contributed by atoms with Gasteiger partial charge >= 0.3 is 0 Å². The average molecular weight is 628 g/mol. The van der Waals surface area contributed by atoms with Gasteiger partial charge in [-0.1, -0.05) is 131 Å². The van der Waals surface area contributed by atoms with Crippen molar-refractivity contribution in [3.8, 4) is 0 Å². The molecule has 2 aromatic rings. The van der Waals surface area contributed by atoms with E-state index in [1.165, 1.54) is 81.2 Å². The standard InChI is InChI=1S/C33H43BrN2O5/c1-2-3-4-5-6-7-8-9-10-11-12-13-14-15-23-35-30(26-17-16-18-28(24-26)36(40)41)29(32(38)33(35)39)31(37)25-19-21-27(34)22-20-25/h16-22,24,30,37H,2-15,23H2,1H3/b31-29+/t30-/m0/s1. The van der Waals surface area contributed by atoms with Gasteiger partial charge in [-0.05, 0) is 24.1 Å². The Morgan fingerprint density at radius 3 is 1.93 bits per heavy atom. The molecule has 1 aliphatic rings. The van der Waals surface area contributed by atoms with E-state index in [2.05, 4.69) is 22.9 Å². The zero-order chi connectivity index (χ0) is 29.6. The fraction of sp³-hybridized carbons (Fsp3) is 0.515. The summed E-state index contributed by atoms with van der Waals surface area (Å²) >= 11 is 3.36. The molecule has 1 heterocycles. The lowest BCUT2D eigenvalue weighted by molar-refractivity contribution is -0.384. The molecule has 8 heteroatoms. The van der Waals surface area contributed by atoms with Crippen LogP contribution in [0.4, 0.5) is 5.69 Å². The third-order valence-electron chi connectivity index (χ3n) is 7.81. The van der Waals surface area contributed by atoms with Gasteiger partial charge in [0.05, 0.1) is 16.5 Å². The van der Waals surface area contributed by atoms with Gasteiger partial charge < -0.3 is 10.0 Å². The van der Waals surface area contributed by atoms with Gasteiger partial charge in [-0.2, -0.15) is 0 Å². The second kappa shape index (κ2) is 17.1. The van der Waals surface area contributed by atoms with Crippen LogP contribution in [0.25, 0.3) is 5.76 Å². The van der Waals surface area contributed by atoms with Crippen molar-refractivity contribution in [3.05, 3.63) is 79.8 Å². The molecule has 0 radical (unpaired) electrons. The highest BCUT2D eigenvalue weighted by Crippen LogP contribution is 2.40. The van der Waals surface area contributed by atoms with Gasteiger partial charge in [0.15, 0.2) is 0 Å². The Kier molecular flexibility index (Phi) is 13.5. The number of aliphatic hydroxyl groups is 1. The van der Waals surface area contributed by atoms with E-state index in [9.17, 15) is 24.8 Å². The summed E-state index contributed by atoms with van der Waals surface area (Å²) in [5.41, 5.74) is 0.664. The Morgan fingerprint density at radius 1 is 0.854 bits per heavy atom. The molecule has 41 heavy (non-hydrogen) atoms. The summed E-state index contributed by atoms with van der Waals surface area (Å²) in [4.78, 5) is 38.8. The Morgan fingerprint density at radius 2 is 1.39 bits per heavy atom. The van der Waals surface area contributed by atoms with Crippen molar-refractivity contribution in [1.29, 1.82) is 0 Å². The maximum absolute atomic E-state index is 13.2. The predicted molar refractivity (Wildman–Crippen MR) is 167 cm³/mol. The number of aliphatic hydroxyl groups excluding tert-OH is 1. The fourth-order valence-electron chi connectivity index (χ4n) is 5.51. The van der Waals surface area contributed by atoms with Crippen LogP contribution in [0.15, 0.2) is 58.6 Å². The van der Waals surface area contributed by atoms with Crippen LogP contribution in [0.2, 0.25) is 0 Å². The molecule has 222 valence electrons. The van der Waals surface area contributed by atoms with Crippen LogP contribution in [0, 0.1) is 10.1 Å². The lowest BCUT2D eigenvalue weighted by Crippen LogP contribution is -2.30. The topological polar surface area (TPSA) is 101 Å². The molecule has 2 aromatic carbocycles. The van der Waals surface area contributed by atoms with Crippen molar-refractivity contribution in [2.24, 2.45) is 0 Å². The molecule has 0 spiro atoms. The van der Waals surface area contributed by atoms with Crippen molar-refractivity contribution in [2.75, 3.05) is 6.54 Å². The highest BCUT2D eigenvalue weighted by atomic mass is 79.9. The number of hydrogen-bond acceptors (Lipinski definition) is 5. The van der Waals surface area contributed by atoms with Crippen LogP contribution >= 0.6 is 15.9 Å². The highest BCUT2D eigenvalue weighted by Gasteiger charge is 2.46. The first-order chi connectivity index (χ1) is 19.8. The maximum Gasteiger partial charge on any atom is 0.295 e. The number of nitro benzene ring substituents is 1. The Balaban J connectivity index is 1.59. The van der Waals surface area contributed by atoms with Crippen molar-refractivity contribution >= 4 is 39.1 Å². The second-order valence-corrected chi connectivity index (χ2v) is 11.9. The molecule has 1 atom stereocenters. The molecule has 1 aliphatic heterocycles. The molecule has 0 saturated carbocycles. The minimum Gasteiger partial charge on any atom is -0.507 e. The quantitative estimate of drug-likeness (QED) is 0.0443. The van der Waals surface area contributed by atoms with Crippen LogP contribution in [0.3, 0.4) is 0 Å². The fourth-order valence-corrected chi connectivity index (χ4v) is 5.77. The molecule has 1 saturated heterocycles. The van der Waals surface area contributed by atoms with Gasteiger partial charge in [0.2, 0.25) is 0 Å². The van der Waals surface area contributed by atoms with Crippen molar-refractivity contribution < 1.29 is 19.6 Å². The molecule has 3 rings (SSSR count). The van der Waals surface area contributed by atoms with Crippen molar-refractivity contribution in [1.82, 2.24) is 4.90 Å². The number of rotatable bonds is 18. The van der Waals surface area contributed by atoms with Crippen LogP contribution in [-0.2, 0) is 9.59 Å². The Hall–Kier alpha value is -3.00. The molecule has 0 bridgehead atoms.